The van der Waals surface area contributed by atoms with Crippen molar-refractivity contribution in [1.29, 1.82) is 0 Å². The maximum absolute atomic E-state index is 12.9. The molecule has 1 heterocycles. The topological polar surface area (TPSA) is 97.6 Å². The van der Waals surface area contributed by atoms with Gasteiger partial charge in [-0.2, -0.15) is 0 Å². The van der Waals surface area contributed by atoms with E-state index < -0.39 is 23.7 Å². The smallest absolute Gasteiger partial charge is 0.329 e. The number of hydrogen-bond donors (Lipinski definition) is 2. The van der Waals surface area contributed by atoms with Crippen molar-refractivity contribution in [2.24, 2.45) is 5.92 Å². The second-order valence-corrected chi connectivity index (χ2v) is 10.1. The summed E-state index contributed by atoms with van der Waals surface area (Å²) in [5.74, 6) is -0.119. The Morgan fingerprint density at radius 1 is 1.00 bits per heavy atom. The van der Waals surface area contributed by atoms with Crippen LogP contribution in [0.4, 0.5) is 5.69 Å². The molecule has 2 aromatic carbocycles. The summed E-state index contributed by atoms with van der Waals surface area (Å²) in [4.78, 5) is 38.1. The van der Waals surface area contributed by atoms with Crippen LogP contribution in [0.1, 0.15) is 48.0 Å². The zero-order chi connectivity index (χ0) is 25.8. The van der Waals surface area contributed by atoms with Gasteiger partial charge in [0.2, 0.25) is 5.91 Å². The van der Waals surface area contributed by atoms with E-state index in [9.17, 15) is 14.4 Å². The normalized spacial score (nSPS) is 13.3. The maximum Gasteiger partial charge on any atom is 0.329 e. The third-order valence-electron chi connectivity index (χ3n) is 5.28. The summed E-state index contributed by atoms with van der Waals surface area (Å²) >= 11 is 0. The molecule has 0 fully saturated rings. The number of carbonyl (C=O) groups excluding carboxylic acids is 2. The lowest BCUT2D eigenvalue weighted by atomic mass is 10.0. The lowest BCUT2D eigenvalue weighted by molar-refractivity contribution is -0.159. The third kappa shape index (κ3) is 7.18. The van der Waals surface area contributed by atoms with E-state index in [0.29, 0.717) is 28.8 Å². The average molecular weight is 479 g/mol. The zero-order valence-electron chi connectivity index (χ0n) is 21.2. The van der Waals surface area contributed by atoms with E-state index in [1.807, 2.05) is 44.2 Å². The number of amides is 1. The quantitative estimate of drug-likeness (QED) is 0.436. The molecule has 0 saturated heterocycles. The summed E-state index contributed by atoms with van der Waals surface area (Å²) in [6.07, 6.45) is 0.469. The Morgan fingerprint density at radius 3 is 2.31 bits per heavy atom. The van der Waals surface area contributed by atoms with Gasteiger partial charge in [0.05, 0.1) is 5.39 Å². The van der Waals surface area contributed by atoms with Crippen molar-refractivity contribution < 1.29 is 18.7 Å². The Labute approximate surface area is 205 Å². The number of ether oxygens (including phenoxy) is 1. The molecule has 1 amide bonds. The van der Waals surface area contributed by atoms with Gasteiger partial charge in [-0.1, -0.05) is 44.2 Å². The number of benzene rings is 2. The van der Waals surface area contributed by atoms with Crippen LogP contribution in [0.5, 0.6) is 0 Å². The lowest BCUT2D eigenvalue weighted by Gasteiger charge is -2.26. The van der Waals surface area contributed by atoms with Crippen molar-refractivity contribution in [2.75, 3.05) is 5.32 Å². The van der Waals surface area contributed by atoms with Crippen molar-refractivity contribution in [3.8, 4) is 11.3 Å². The molecule has 186 valence electrons. The summed E-state index contributed by atoms with van der Waals surface area (Å²) in [7, 11) is 0. The summed E-state index contributed by atoms with van der Waals surface area (Å²) in [5, 5.41) is 6.40. The molecule has 0 bridgehead atoms. The lowest BCUT2D eigenvalue weighted by Crippen LogP contribution is -2.49. The van der Waals surface area contributed by atoms with Crippen LogP contribution < -0.4 is 16.1 Å². The van der Waals surface area contributed by atoms with Crippen LogP contribution in [-0.4, -0.2) is 29.6 Å². The monoisotopic (exact) mass is 478 g/mol. The van der Waals surface area contributed by atoms with Gasteiger partial charge in [0, 0.05) is 23.4 Å². The molecule has 0 aliphatic carbocycles. The number of esters is 1. The molecule has 3 rings (SSSR count). The van der Waals surface area contributed by atoms with Crippen LogP contribution >= 0.6 is 0 Å². The second-order valence-electron chi connectivity index (χ2n) is 10.1. The highest BCUT2D eigenvalue weighted by Gasteiger charge is 2.28. The van der Waals surface area contributed by atoms with Gasteiger partial charge < -0.3 is 19.8 Å². The number of fused-ring (bicyclic) bond motifs is 1. The van der Waals surface area contributed by atoms with Gasteiger partial charge in [-0.25, -0.2) is 4.79 Å². The van der Waals surface area contributed by atoms with Crippen LogP contribution in [0, 0.1) is 5.92 Å². The first-order valence-electron chi connectivity index (χ1n) is 11.9. The van der Waals surface area contributed by atoms with Gasteiger partial charge in [-0.3, -0.25) is 9.59 Å². The number of rotatable bonds is 8. The molecule has 0 spiro atoms. The van der Waals surface area contributed by atoms with Crippen LogP contribution in [0.25, 0.3) is 22.3 Å². The van der Waals surface area contributed by atoms with Crippen molar-refractivity contribution in [2.45, 2.75) is 65.6 Å². The standard InChI is InChI=1S/C28H34N2O5/c1-17(2)14-22(27(33)35-28(4,5)6)30-26(32)18(3)29-20-12-13-21-23(31)16-24(34-25(21)15-20)19-10-8-7-9-11-19/h7-13,15-18,22,29H,14H2,1-6H3,(H,30,32)/t18-,22-/m0/s1. The Morgan fingerprint density at radius 2 is 1.69 bits per heavy atom. The van der Waals surface area contributed by atoms with Gasteiger partial charge in [0.1, 0.15) is 29.0 Å². The van der Waals surface area contributed by atoms with E-state index in [0.717, 1.165) is 5.56 Å². The number of hydrogen-bond acceptors (Lipinski definition) is 6. The number of carbonyl (C=O) groups is 2. The Bertz CT molecular complexity index is 1240. The first-order chi connectivity index (χ1) is 16.4. The minimum absolute atomic E-state index is 0.142. The van der Waals surface area contributed by atoms with Gasteiger partial charge in [0.15, 0.2) is 5.43 Å². The molecule has 0 radical (unpaired) electrons. The molecule has 7 heteroatoms. The summed E-state index contributed by atoms with van der Waals surface area (Å²) in [5.41, 5.74) is 1.05. The van der Waals surface area contributed by atoms with Gasteiger partial charge in [-0.05, 0) is 52.2 Å². The molecule has 35 heavy (non-hydrogen) atoms. The Hall–Kier alpha value is -3.61. The van der Waals surface area contributed by atoms with Crippen LogP contribution in [0.3, 0.4) is 0 Å². The molecule has 2 N–H and O–H groups in total. The van der Waals surface area contributed by atoms with E-state index in [-0.39, 0.29) is 17.3 Å². The van der Waals surface area contributed by atoms with E-state index in [2.05, 4.69) is 10.6 Å². The minimum Gasteiger partial charge on any atom is -0.458 e. The fourth-order valence-electron chi connectivity index (χ4n) is 3.66. The first-order valence-corrected chi connectivity index (χ1v) is 11.9. The number of anilines is 1. The summed E-state index contributed by atoms with van der Waals surface area (Å²) in [6.45, 7) is 11.1. The molecule has 0 aliphatic heterocycles. The predicted molar refractivity (Wildman–Crippen MR) is 138 cm³/mol. The largest absolute Gasteiger partial charge is 0.458 e. The summed E-state index contributed by atoms with van der Waals surface area (Å²) in [6, 6.07) is 14.6. The van der Waals surface area contributed by atoms with Crippen LogP contribution in [0.2, 0.25) is 0 Å². The van der Waals surface area contributed by atoms with Crippen molar-refractivity contribution in [3.05, 3.63) is 64.8 Å². The van der Waals surface area contributed by atoms with Crippen LogP contribution in [0.15, 0.2) is 63.8 Å². The Kier molecular flexibility index (Phi) is 7.99. The first kappa shape index (κ1) is 26.0. The van der Waals surface area contributed by atoms with Crippen molar-refractivity contribution in [3.63, 3.8) is 0 Å². The van der Waals surface area contributed by atoms with Gasteiger partial charge >= 0.3 is 5.97 Å². The highest BCUT2D eigenvalue weighted by Crippen LogP contribution is 2.24. The molecular weight excluding hydrogens is 444 g/mol. The number of nitrogens with one attached hydrogen (secondary N) is 2. The Balaban J connectivity index is 1.77. The highest BCUT2D eigenvalue weighted by atomic mass is 16.6. The maximum atomic E-state index is 12.9. The molecular formula is C28H34N2O5. The third-order valence-corrected chi connectivity index (χ3v) is 5.28. The minimum atomic E-state index is -0.742. The van der Waals surface area contributed by atoms with Crippen molar-refractivity contribution in [1.82, 2.24) is 5.32 Å². The molecule has 1 aromatic heterocycles. The molecule has 3 aromatic rings. The van der Waals surface area contributed by atoms with Crippen LogP contribution in [-0.2, 0) is 14.3 Å². The fraction of sp³-hybridized carbons (Fsp3) is 0.393. The molecule has 0 saturated carbocycles. The molecule has 7 nitrogen and oxygen atoms in total. The van der Waals surface area contributed by atoms with Crippen molar-refractivity contribution >= 4 is 28.5 Å². The van der Waals surface area contributed by atoms with E-state index >= 15 is 0 Å². The van der Waals surface area contributed by atoms with E-state index in [1.165, 1.54) is 6.07 Å². The SMILES string of the molecule is CC(C)C[C@H](NC(=O)[C@H](C)Nc1ccc2c(=O)cc(-c3ccccc3)oc2c1)C(=O)OC(C)(C)C. The summed E-state index contributed by atoms with van der Waals surface area (Å²) < 4.78 is 11.5. The predicted octanol–water partition coefficient (Wildman–Crippen LogP) is 5.13. The van der Waals surface area contributed by atoms with E-state index in [4.69, 9.17) is 9.15 Å². The molecule has 0 aliphatic rings. The van der Waals surface area contributed by atoms with Gasteiger partial charge in [0.25, 0.3) is 0 Å². The van der Waals surface area contributed by atoms with Gasteiger partial charge in [-0.15, -0.1) is 0 Å². The average Bonchev–Trinajstić information content (AvgIpc) is 2.77. The fourth-order valence-corrected chi connectivity index (χ4v) is 3.66. The van der Waals surface area contributed by atoms with E-state index in [1.54, 1.807) is 45.9 Å². The molecule has 0 unspecified atom stereocenters. The molecule has 2 atom stereocenters. The zero-order valence-corrected chi connectivity index (χ0v) is 21.2. The second kappa shape index (κ2) is 10.8. The highest BCUT2D eigenvalue weighted by molar-refractivity contribution is 5.90.